The van der Waals surface area contributed by atoms with Gasteiger partial charge in [0, 0.05) is 12.1 Å². The molecular formula is C35H60N2O3. The average molecular weight is 557 g/mol. The Bertz CT molecular complexity index is 836. The van der Waals surface area contributed by atoms with E-state index in [-0.39, 0.29) is 18.0 Å². The van der Waals surface area contributed by atoms with Crippen molar-refractivity contribution in [3.05, 3.63) is 42.0 Å². The molecule has 1 aromatic carbocycles. The van der Waals surface area contributed by atoms with E-state index in [0.717, 1.165) is 25.7 Å². The lowest BCUT2D eigenvalue weighted by molar-refractivity contribution is -0.118. The minimum absolute atomic E-state index is 0.0193. The molecule has 1 amide bonds. The summed E-state index contributed by atoms with van der Waals surface area (Å²) in [5.74, 6) is 1.17. The van der Waals surface area contributed by atoms with Crippen molar-refractivity contribution in [3.63, 3.8) is 0 Å². The summed E-state index contributed by atoms with van der Waals surface area (Å²) in [7, 11) is 0. The van der Waals surface area contributed by atoms with Gasteiger partial charge in [-0.25, -0.2) is 4.79 Å². The highest BCUT2D eigenvalue weighted by atomic mass is 16.5. The summed E-state index contributed by atoms with van der Waals surface area (Å²) in [4.78, 5) is 22.9. The number of para-hydroxylation sites is 1. The number of carbonyl (C=O) groups excluding carboxylic acids is 2. The van der Waals surface area contributed by atoms with Gasteiger partial charge in [0.15, 0.2) is 0 Å². The second kappa shape index (κ2) is 22.4. The Morgan fingerprint density at radius 3 is 2.05 bits per heavy atom. The maximum absolute atomic E-state index is 12.3. The van der Waals surface area contributed by atoms with Crippen LogP contribution in [0.1, 0.15) is 147 Å². The molecule has 5 nitrogen and oxygen atoms in total. The number of nitrogens with two attached hydrogens (primary N) is 2. The smallest absolute Gasteiger partial charge is 0.340 e. The van der Waals surface area contributed by atoms with Gasteiger partial charge in [-0.3, -0.25) is 4.79 Å². The lowest BCUT2D eigenvalue weighted by Gasteiger charge is -2.36. The van der Waals surface area contributed by atoms with E-state index in [1.165, 1.54) is 77.0 Å². The van der Waals surface area contributed by atoms with Gasteiger partial charge in [-0.1, -0.05) is 110 Å². The molecule has 5 heteroatoms. The van der Waals surface area contributed by atoms with Crippen molar-refractivity contribution in [1.29, 1.82) is 0 Å². The molecule has 0 aliphatic heterocycles. The molecule has 0 spiro atoms. The molecule has 3 atom stereocenters. The first kappa shape index (κ1) is 35.7. The van der Waals surface area contributed by atoms with Gasteiger partial charge in [-0.15, -0.1) is 0 Å². The normalized spacial score (nSPS) is 18.9. The zero-order valence-corrected chi connectivity index (χ0v) is 26.2. The van der Waals surface area contributed by atoms with E-state index in [9.17, 15) is 9.59 Å². The van der Waals surface area contributed by atoms with Crippen LogP contribution in [0.3, 0.4) is 0 Å². The fourth-order valence-corrected chi connectivity index (χ4v) is 5.50. The van der Waals surface area contributed by atoms with Gasteiger partial charge in [-0.05, 0) is 74.8 Å². The number of amides is 1. The Kier molecular flexibility index (Phi) is 20.0. The van der Waals surface area contributed by atoms with Crippen LogP contribution in [0, 0.1) is 17.8 Å². The maximum atomic E-state index is 12.3. The molecule has 1 fully saturated rings. The fraction of sp³-hybridized carbons (Fsp3) is 0.714. The average Bonchev–Trinajstić information content (AvgIpc) is 2.91. The van der Waals surface area contributed by atoms with Gasteiger partial charge in [0.1, 0.15) is 6.10 Å². The molecule has 0 bridgehead atoms. The van der Waals surface area contributed by atoms with Crippen LogP contribution >= 0.6 is 0 Å². The molecule has 1 aromatic rings. The zero-order valence-electron chi connectivity index (χ0n) is 26.2. The molecule has 4 N–H and O–H groups in total. The van der Waals surface area contributed by atoms with Crippen LogP contribution in [0.25, 0.3) is 0 Å². The predicted molar refractivity (Wildman–Crippen MR) is 170 cm³/mol. The van der Waals surface area contributed by atoms with Crippen molar-refractivity contribution in [2.45, 2.75) is 143 Å². The third kappa shape index (κ3) is 16.7. The van der Waals surface area contributed by atoms with E-state index in [1.807, 2.05) is 12.1 Å². The first-order valence-corrected chi connectivity index (χ1v) is 16.2. The third-order valence-corrected chi connectivity index (χ3v) is 8.09. The lowest BCUT2D eigenvalue weighted by Crippen LogP contribution is -2.36. The number of hydrogen-bond acceptors (Lipinski definition) is 4. The van der Waals surface area contributed by atoms with Crippen LogP contribution in [-0.4, -0.2) is 18.0 Å². The Labute approximate surface area is 245 Å². The summed E-state index contributed by atoms with van der Waals surface area (Å²) in [6.45, 7) is 8.91. The van der Waals surface area contributed by atoms with E-state index in [4.69, 9.17) is 16.2 Å². The molecule has 1 saturated carbocycles. The number of rotatable bonds is 18. The number of unbranched alkanes of at least 4 members (excludes halogenated alkanes) is 11. The number of hydrogen-bond donors (Lipinski definition) is 2. The molecule has 0 saturated heterocycles. The molecule has 0 radical (unpaired) electrons. The Balaban J connectivity index is 0.000000400. The summed E-state index contributed by atoms with van der Waals surface area (Å²) in [5.41, 5.74) is 11.9. The van der Waals surface area contributed by atoms with E-state index in [1.54, 1.807) is 12.1 Å². The van der Waals surface area contributed by atoms with Crippen molar-refractivity contribution in [2.24, 2.45) is 23.5 Å². The number of carbonyl (C=O) groups is 2. The van der Waals surface area contributed by atoms with Crippen molar-refractivity contribution >= 4 is 17.6 Å². The highest BCUT2D eigenvalue weighted by molar-refractivity contribution is 5.95. The molecule has 40 heavy (non-hydrogen) atoms. The second-order valence-corrected chi connectivity index (χ2v) is 12.2. The number of allylic oxidation sites excluding steroid dienone is 2. The summed E-state index contributed by atoms with van der Waals surface area (Å²) < 4.78 is 5.78. The van der Waals surface area contributed by atoms with E-state index >= 15 is 0 Å². The first-order chi connectivity index (χ1) is 19.3. The van der Waals surface area contributed by atoms with E-state index in [2.05, 4.69) is 39.8 Å². The SMILES string of the molecule is CC1CCC(C(C)C)C(OC(=O)c2ccccc2N)C1.CCCCCCCC/C=C\CCCCCCCC(N)=O. The number of primary amides is 1. The fourth-order valence-electron chi connectivity index (χ4n) is 5.50. The number of benzene rings is 1. The molecule has 1 aliphatic rings. The summed E-state index contributed by atoms with van der Waals surface area (Å²) in [6, 6.07) is 7.11. The molecule has 3 unspecified atom stereocenters. The quantitative estimate of drug-likeness (QED) is 0.0814. The molecule has 1 aliphatic carbocycles. The minimum Gasteiger partial charge on any atom is -0.458 e. The van der Waals surface area contributed by atoms with Crippen LogP contribution in [-0.2, 0) is 9.53 Å². The highest BCUT2D eigenvalue weighted by Gasteiger charge is 2.33. The monoisotopic (exact) mass is 556 g/mol. The largest absolute Gasteiger partial charge is 0.458 e. The van der Waals surface area contributed by atoms with Crippen LogP contribution < -0.4 is 11.5 Å². The predicted octanol–water partition coefficient (Wildman–Crippen LogP) is 9.40. The summed E-state index contributed by atoms with van der Waals surface area (Å²) in [6.07, 6.45) is 25.3. The van der Waals surface area contributed by atoms with Crippen molar-refractivity contribution in [3.8, 4) is 0 Å². The number of anilines is 1. The van der Waals surface area contributed by atoms with Crippen LogP contribution in [0.15, 0.2) is 36.4 Å². The minimum atomic E-state index is -0.284. The summed E-state index contributed by atoms with van der Waals surface area (Å²) >= 11 is 0. The van der Waals surface area contributed by atoms with E-state index < -0.39 is 0 Å². The van der Waals surface area contributed by atoms with Gasteiger partial charge in [0.25, 0.3) is 0 Å². The van der Waals surface area contributed by atoms with Crippen molar-refractivity contribution in [1.82, 2.24) is 0 Å². The van der Waals surface area contributed by atoms with Gasteiger partial charge in [0.2, 0.25) is 5.91 Å². The van der Waals surface area contributed by atoms with Gasteiger partial charge in [-0.2, -0.15) is 0 Å². The topological polar surface area (TPSA) is 95.4 Å². The van der Waals surface area contributed by atoms with Crippen LogP contribution in [0.5, 0.6) is 0 Å². The van der Waals surface area contributed by atoms with Crippen LogP contribution in [0.2, 0.25) is 0 Å². The second-order valence-electron chi connectivity index (χ2n) is 12.2. The Hall–Kier alpha value is -2.30. The van der Waals surface area contributed by atoms with Gasteiger partial charge >= 0.3 is 5.97 Å². The zero-order chi connectivity index (χ0) is 29.6. The lowest BCUT2D eigenvalue weighted by atomic mass is 9.75. The molecule has 2 rings (SSSR count). The Morgan fingerprint density at radius 2 is 1.48 bits per heavy atom. The standard InChI is InChI=1S/C18H35NO.C17H25NO2/c1-2-3-4-5-6-7-8-9-10-11-12-13-14-15-16-17-18(19)20;1-11(2)13-9-8-12(3)10-16(13)20-17(19)14-6-4-5-7-15(14)18/h9-10H,2-8,11-17H2,1H3,(H2,19,20);4-7,11-13,16H,8-10,18H2,1-3H3/b10-9-;. The third-order valence-electron chi connectivity index (χ3n) is 8.09. The number of ether oxygens (including phenoxy) is 1. The number of nitrogen functional groups attached to an aromatic ring is 1. The maximum Gasteiger partial charge on any atom is 0.340 e. The molecule has 0 heterocycles. The van der Waals surface area contributed by atoms with Crippen molar-refractivity contribution < 1.29 is 14.3 Å². The molecule has 228 valence electrons. The summed E-state index contributed by atoms with van der Waals surface area (Å²) in [5, 5.41) is 0. The van der Waals surface area contributed by atoms with E-state index in [0.29, 0.717) is 35.4 Å². The van der Waals surface area contributed by atoms with Crippen molar-refractivity contribution in [2.75, 3.05) is 5.73 Å². The first-order valence-electron chi connectivity index (χ1n) is 16.2. The number of esters is 1. The molecular weight excluding hydrogens is 496 g/mol. The van der Waals surface area contributed by atoms with Gasteiger partial charge < -0.3 is 16.2 Å². The van der Waals surface area contributed by atoms with Gasteiger partial charge in [0.05, 0.1) is 5.56 Å². The highest BCUT2D eigenvalue weighted by Crippen LogP contribution is 2.36. The van der Waals surface area contributed by atoms with Crippen LogP contribution in [0.4, 0.5) is 5.69 Å². The molecule has 0 aromatic heterocycles. The Morgan fingerprint density at radius 1 is 0.900 bits per heavy atom.